The van der Waals surface area contributed by atoms with E-state index in [0.717, 1.165) is 4.68 Å². The van der Waals surface area contributed by atoms with Crippen molar-refractivity contribution in [2.75, 3.05) is 6.54 Å². The van der Waals surface area contributed by atoms with Crippen LogP contribution in [0.5, 0.6) is 0 Å². The molecule has 1 unspecified atom stereocenters. The van der Waals surface area contributed by atoms with Gasteiger partial charge < -0.3 is 15.7 Å². The molecule has 2 heterocycles. The predicted octanol–water partition coefficient (Wildman–Crippen LogP) is -1.63. The molecule has 0 aromatic carbocycles. The minimum absolute atomic E-state index is 0.0205. The van der Waals surface area contributed by atoms with Crippen molar-refractivity contribution in [1.82, 2.24) is 25.6 Å². The number of carbonyl (C=O) groups excluding carboxylic acids is 2. The van der Waals surface area contributed by atoms with E-state index in [2.05, 4.69) is 20.9 Å². The molecule has 1 saturated heterocycles. The Bertz CT molecular complexity index is 502. The van der Waals surface area contributed by atoms with Crippen molar-refractivity contribution in [2.45, 2.75) is 25.4 Å². The topological polar surface area (TPSA) is 126 Å². The highest BCUT2D eigenvalue weighted by atomic mass is 16.4. The van der Waals surface area contributed by atoms with Crippen LogP contribution in [0, 0.1) is 0 Å². The highest BCUT2D eigenvalue weighted by Crippen LogP contribution is 2.02. The summed E-state index contributed by atoms with van der Waals surface area (Å²) >= 11 is 0. The summed E-state index contributed by atoms with van der Waals surface area (Å²) in [6, 6.07) is -0.104. The smallest absolute Gasteiger partial charge is 0.358 e. The first-order valence-corrected chi connectivity index (χ1v) is 5.74. The van der Waals surface area contributed by atoms with E-state index in [9.17, 15) is 14.4 Å². The van der Waals surface area contributed by atoms with Crippen molar-refractivity contribution in [3.63, 3.8) is 0 Å². The van der Waals surface area contributed by atoms with Crippen LogP contribution in [0.25, 0.3) is 0 Å². The van der Waals surface area contributed by atoms with Gasteiger partial charge in [-0.15, -0.1) is 5.10 Å². The molecule has 1 atom stereocenters. The number of aromatic nitrogens is 3. The van der Waals surface area contributed by atoms with Crippen molar-refractivity contribution < 1.29 is 19.5 Å². The van der Waals surface area contributed by atoms with Crippen LogP contribution in [0.4, 0.5) is 0 Å². The van der Waals surface area contributed by atoms with Crippen LogP contribution in [0.15, 0.2) is 6.20 Å². The van der Waals surface area contributed by atoms with E-state index < -0.39 is 5.97 Å². The number of aromatic carboxylic acids is 1. The number of carboxylic acids is 1. The van der Waals surface area contributed by atoms with E-state index in [-0.39, 0.29) is 30.1 Å². The van der Waals surface area contributed by atoms with Gasteiger partial charge in [0.2, 0.25) is 11.8 Å². The molecule has 1 aliphatic heterocycles. The monoisotopic (exact) mass is 267 g/mol. The van der Waals surface area contributed by atoms with Crippen molar-refractivity contribution >= 4 is 17.8 Å². The number of hydrogen-bond donors (Lipinski definition) is 3. The van der Waals surface area contributed by atoms with Gasteiger partial charge >= 0.3 is 5.97 Å². The number of hydrogen-bond acceptors (Lipinski definition) is 5. The Morgan fingerprint density at radius 2 is 2.37 bits per heavy atom. The fourth-order valence-corrected chi connectivity index (χ4v) is 1.75. The lowest BCUT2D eigenvalue weighted by molar-refractivity contribution is -0.126. The molecule has 1 aromatic rings. The molecule has 2 amide bonds. The SMILES string of the molecule is O=C1CCC(NC(=O)Cn2cc(C(=O)O)nn2)CN1. The predicted molar refractivity (Wildman–Crippen MR) is 61.2 cm³/mol. The van der Waals surface area contributed by atoms with Crippen LogP contribution in [0.1, 0.15) is 23.3 Å². The maximum atomic E-state index is 11.7. The van der Waals surface area contributed by atoms with Gasteiger partial charge in [0.25, 0.3) is 0 Å². The molecule has 19 heavy (non-hydrogen) atoms. The zero-order valence-corrected chi connectivity index (χ0v) is 10.00. The van der Waals surface area contributed by atoms with Crippen LogP contribution < -0.4 is 10.6 Å². The Morgan fingerprint density at radius 3 is 2.95 bits per heavy atom. The summed E-state index contributed by atoms with van der Waals surface area (Å²) in [5, 5.41) is 21.0. The van der Waals surface area contributed by atoms with Gasteiger partial charge in [0, 0.05) is 19.0 Å². The van der Waals surface area contributed by atoms with E-state index in [0.29, 0.717) is 19.4 Å². The van der Waals surface area contributed by atoms with Crippen molar-refractivity contribution in [1.29, 1.82) is 0 Å². The average molecular weight is 267 g/mol. The third kappa shape index (κ3) is 3.50. The minimum atomic E-state index is -1.19. The number of carbonyl (C=O) groups is 3. The molecule has 2 rings (SSSR count). The quantitative estimate of drug-likeness (QED) is 0.601. The summed E-state index contributed by atoms with van der Waals surface area (Å²) in [5.41, 5.74) is -0.210. The normalized spacial score (nSPS) is 18.7. The van der Waals surface area contributed by atoms with Crippen LogP contribution in [-0.4, -0.2) is 50.5 Å². The Morgan fingerprint density at radius 1 is 1.58 bits per heavy atom. The molecule has 0 saturated carbocycles. The Kier molecular flexibility index (Phi) is 3.74. The molecular weight excluding hydrogens is 254 g/mol. The summed E-state index contributed by atoms with van der Waals surface area (Å²) in [7, 11) is 0. The maximum absolute atomic E-state index is 11.7. The molecule has 3 N–H and O–H groups in total. The summed E-state index contributed by atoms with van der Waals surface area (Å²) < 4.78 is 1.15. The second-order valence-corrected chi connectivity index (χ2v) is 4.21. The molecule has 0 bridgehead atoms. The van der Waals surface area contributed by atoms with Crippen LogP contribution in [-0.2, 0) is 16.1 Å². The number of piperidine rings is 1. The Labute approximate surface area is 108 Å². The molecular formula is C10H13N5O4. The van der Waals surface area contributed by atoms with E-state index in [4.69, 9.17) is 5.11 Å². The Hall–Kier alpha value is -2.45. The highest BCUT2D eigenvalue weighted by Gasteiger charge is 2.20. The molecule has 0 radical (unpaired) electrons. The molecule has 1 aromatic heterocycles. The van der Waals surface area contributed by atoms with Crippen molar-refractivity contribution in [2.24, 2.45) is 0 Å². The van der Waals surface area contributed by atoms with Crippen molar-refractivity contribution in [3.8, 4) is 0 Å². The summed E-state index contributed by atoms with van der Waals surface area (Å²) in [6.45, 7) is 0.299. The standard InChI is InChI=1S/C10H13N5O4/c16-8-2-1-6(3-11-8)12-9(17)5-15-4-7(10(18)19)13-14-15/h4,6H,1-3,5H2,(H,11,16)(H,12,17)(H,18,19). The average Bonchev–Trinajstić information content (AvgIpc) is 2.80. The molecule has 1 fully saturated rings. The van der Waals surface area contributed by atoms with Gasteiger partial charge in [-0.2, -0.15) is 0 Å². The molecule has 0 spiro atoms. The lowest BCUT2D eigenvalue weighted by atomic mass is 10.1. The van der Waals surface area contributed by atoms with Gasteiger partial charge in [-0.05, 0) is 6.42 Å². The van der Waals surface area contributed by atoms with E-state index in [1.807, 2.05) is 0 Å². The fraction of sp³-hybridized carbons (Fsp3) is 0.500. The van der Waals surface area contributed by atoms with Crippen molar-refractivity contribution in [3.05, 3.63) is 11.9 Å². The van der Waals surface area contributed by atoms with Crippen LogP contribution in [0.2, 0.25) is 0 Å². The first-order valence-electron chi connectivity index (χ1n) is 5.74. The van der Waals surface area contributed by atoms with Crippen LogP contribution in [0.3, 0.4) is 0 Å². The van der Waals surface area contributed by atoms with Gasteiger partial charge in [0.05, 0.1) is 6.20 Å². The highest BCUT2D eigenvalue weighted by molar-refractivity contribution is 5.85. The van der Waals surface area contributed by atoms with Crippen LogP contribution >= 0.6 is 0 Å². The van der Waals surface area contributed by atoms with Gasteiger partial charge in [-0.25, -0.2) is 9.48 Å². The molecule has 9 nitrogen and oxygen atoms in total. The molecule has 9 heteroatoms. The maximum Gasteiger partial charge on any atom is 0.358 e. The van der Waals surface area contributed by atoms with E-state index >= 15 is 0 Å². The van der Waals surface area contributed by atoms with E-state index in [1.54, 1.807) is 0 Å². The van der Waals surface area contributed by atoms with Gasteiger partial charge in [0.15, 0.2) is 5.69 Å². The zero-order chi connectivity index (χ0) is 13.8. The molecule has 0 aliphatic carbocycles. The lowest BCUT2D eigenvalue weighted by Crippen LogP contribution is -2.48. The first-order chi connectivity index (χ1) is 9.04. The largest absolute Gasteiger partial charge is 0.476 e. The summed E-state index contributed by atoms with van der Waals surface area (Å²) in [4.78, 5) is 33.2. The summed E-state index contributed by atoms with van der Waals surface area (Å²) in [5.74, 6) is -1.52. The second kappa shape index (κ2) is 5.46. The number of amides is 2. The number of carboxylic acid groups (broad SMARTS) is 1. The van der Waals surface area contributed by atoms with E-state index in [1.165, 1.54) is 6.20 Å². The van der Waals surface area contributed by atoms with Gasteiger partial charge in [-0.3, -0.25) is 9.59 Å². The zero-order valence-electron chi connectivity index (χ0n) is 10.00. The number of nitrogens with zero attached hydrogens (tertiary/aromatic N) is 3. The second-order valence-electron chi connectivity index (χ2n) is 4.21. The number of rotatable bonds is 4. The third-order valence-electron chi connectivity index (χ3n) is 2.69. The summed E-state index contributed by atoms with van der Waals surface area (Å²) in [6.07, 6.45) is 2.16. The van der Waals surface area contributed by atoms with Gasteiger partial charge in [-0.1, -0.05) is 5.21 Å². The fourth-order valence-electron chi connectivity index (χ4n) is 1.75. The van der Waals surface area contributed by atoms with Gasteiger partial charge in [0.1, 0.15) is 6.54 Å². The Balaban J connectivity index is 1.83. The first kappa shape index (κ1) is 13.0. The molecule has 1 aliphatic rings. The molecule has 102 valence electrons. The third-order valence-corrected chi connectivity index (χ3v) is 2.69. The number of nitrogens with one attached hydrogen (secondary N) is 2. The minimum Gasteiger partial charge on any atom is -0.476 e. The lowest BCUT2D eigenvalue weighted by Gasteiger charge is -2.23.